The summed E-state index contributed by atoms with van der Waals surface area (Å²) in [6.07, 6.45) is -7.63. The van der Waals surface area contributed by atoms with Crippen LogP contribution in [0, 0.1) is 0 Å². The molecule has 3 saturated heterocycles. The van der Waals surface area contributed by atoms with Crippen molar-refractivity contribution in [3.8, 4) is 0 Å². The monoisotopic (exact) mass is 661 g/mol. The first-order valence-electron chi connectivity index (χ1n) is 12.5. The number of nitrogens with zero attached hydrogens (tertiary/aromatic N) is 8. The second-order valence-electron chi connectivity index (χ2n) is 9.61. The van der Waals surface area contributed by atoms with Crippen molar-refractivity contribution < 1.29 is 45.8 Å². The van der Waals surface area contributed by atoms with Gasteiger partial charge in [-0.3, -0.25) is 13.7 Å². The summed E-state index contributed by atoms with van der Waals surface area (Å²) in [7, 11) is -3.05. The number of alkyl halides is 2. The highest BCUT2D eigenvalue weighted by Gasteiger charge is 2.55. The Balaban J connectivity index is 1.20. The molecule has 10 atom stereocenters. The third-order valence-corrected chi connectivity index (χ3v) is 9.39. The van der Waals surface area contributed by atoms with E-state index in [-0.39, 0.29) is 34.0 Å². The van der Waals surface area contributed by atoms with E-state index in [0.717, 1.165) is 0 Å². The number of halogens is 2. The van der Waals surface area contributed by atoms with Gasteiger partial charge in [-0.1, -0.05) is 0 Å². The number of aromatic nitrogens is 8. The molecule has 3 unspecified atom stereocenters. The lowest BCUT2D eigenvalue weighted by Gasteiger charge is -2.26. The van der Waals surface area contributed by atoms with Gasteiger partial charge >= 0.3 is 15.0 Å². The Morgan fingerprint density at radius 3 is 2.02 bits per heavy atom. The summed E-state index contributed by atoms with van der Waals surface area (Å²) in [5.41, 5.74) is 12.5. The number of ether oxygens (including phenoxy) is 2. The van der Waals surface area contributed by atoms with Crippen molar-refractivity contribution in [1.82, 2.24) is 39.0 Å². The van der Waals surface area contributed by atoms with Crippen LogP contribution in [0.2, 0.25) is 0 Å². The third kappa shape index (κ3) is 5.04. The number of fused-ring (bicyclic) bond motifs is 6. The van der Waals surface area contributed by atoms with Crippen molar-refractivity contribution in [2.75, 3.05) is 24.7 Å². The smallest absolute Gasteiger partial charge is 0.382 e. The first kappa shape index (κ1) is 28.8. The molecule has 0 aromatic carbocycles. The minimum absolute atomic E-state index is 0.0628. The van der Waals surface area contributed by atoms with Crippen LogP contribution in [0.4, 0.5) is 20.4 Å². The highest BCUT2D eigenvalue weighted by molar-refractivity contribution is 8.07. The van der Waals surface area contributed by atoms with Gasteiger partial charge in [0.25, 0.3) is 0 Å². The van der Waals surface area contributed by atoms with E-state index in [2.05, 4.69) is 29.9 Å². The Morgan fingerprint density at radius 1 is 0.884 bits per heavy atom. The molecule has 3 fully saturated rings. The molecule has 3 aliphatic heterocycles. The number of hydrogen-bond acceptors (Lipinski definition) is 16. The zero-order chi connectivity index (χ0) is 30.0. The highest BCUT2D eigenvalue weighted by atomic mass is 32.5. The Bertz CT molecular complexity index is 1770. The van der Waals surface area contributed by atoms with Crippen LogP contribution in [0.25, 0.3) is 22.3 Å². The van der Waals surface area contributed by atoms with E-state index < -0.39 is 77.4 Å². The molecule has 0 saturated carbocycles. The molecule has 7 rings (SSSR count). The van der Waals surface area contributed by atoms with Crippen LogP contribution in [0.1, 0.15) is 12.5 Å². The lowest BCUT2D eigenvalue weighted by Crippen LogP contribution is -2.34. The van der Waals surface area contributed by atoms with E-state index >= 15 is 8.78 Å². The van der Waals surface area contributed by atoms with Gasteiger partial charge in [-0.05, 0) is 11.8 Å². The van der Waals surface area contributed by atoms with Gasteiger partial charge in [0.2, 0.25) is 0 Å². The van der Waals surface area contributed by atoms with Crippen LogP contribution >= 0.6 is 15.0 Å². The molecule has 43 heavy (non-hydrogen) atoms. The van der Waals surface area contributed by atoms with E-state index in [1.807, 2.05) is 0 Å². The Hall–Kier alpha value is -2.97. The third-order valence-electron chi connectivity index (χ3n) is 7.06. The van der Waals surface area contributed by atoms with Gasteiger partial charge in [0.1, 0.15) is 48.6 Å². The fourth-order valence-corrected chi connectivity index (χ4v) is 7.21. The van der Waals surface area contributed by atoms with Crippen molar-refractivity contribution in [3.05, 3.63) is 25.3 Å². The van der Waals surface area contributed by atoms with Gasteiger partial charge in [0.15, 0.2) is 53.8 Å². The maximum absolute atomic E-state index is 15.8. The van der Waals surface area contributed by atoms with Crippen LogP contribution in [-0.4, -0.2) is 93.9 Å². The van der Waals surface area contributed by atoms with Gasteiger partial charge in [-0.2, -0.15) is 0 Å². The van der Waals surface area contributed by atoms with Gasteiger partial charge in [-0.15, -0.1) is 9.05 Å². The molecule has 0 radical (unpaired) electrons. The van der Waals surface area contributed by atoms with E-state index in [9.17, 15) is 9.46 Å². The first-order chi connectivity index (χ1) is 20.6. The summed E-state index contributed by atoms with van der Waals surface area (Å²) in [6.45, 7) is -5.54. The van der Waals surface area contributed by atoms with Crippen LogP contribution in [0.5, 0.6) is 0 Å². The number of hydrogen-bond donors (Lipinski definition) is 3. The quantitative estimate of drug-likeness (QED) is 0.254. The van der Waals surface area contributed by atoms with Crippen molar-refractivity contribution in [2.45, 2.75) is 49.2 Å². The fourth-order valence-electron chi connectivity index (χ4n) is 5.06. The molecule has 7 heterocycles. The van der Waals surface area contributed by atoms with Gasteiger partial charge in [0.05, 0.1) is 19.3 Å². The topological polar surface area (TPSA) is 232 Å². The van der Waals surface area contributed by atoms with Crippen molar-refractivity contribution in [3.63, 3.8) is 0 Å². The lowest BCUT2D eigenvalue weighted by atomic mass is 10.1. The predicted octanol–water partition coefficient (Wildman–Crippen LogP) is 0.993. The largest absolute Gasteiger partial charge is 0.698 e. The summed E-state index contributed by atoms with van der Waals surface area (Å²) >= 11 is 5.15. The number of anilines is 2. The minimum atomic E-state index is -4.27. The van der Waals surface area contributed by atoms with Crippen molar-refractivity contribution in [2.24, 2.45) is 0 Å². The number of nitrogen functional groups attached to an aromatic ring is 2. The number of nitrogens with two attached hydrogens (primary N) is 2. The SMILES string of the molecule is Nc1ncnc2c1ncn2[C@@H]1O[C@@H]2CO[P+](=O)O[C@@H]3[C@H](F)C(COP(O)(=S)O[C@@H]1[C@@H]2F)O[C@H]3n1cnc2c(N)ncnc21. The van der Waals surface area contributed by atoms with E-state index in [1.165, 1.54) is 34.4 Å². The van der Waals surface area contributed by atoms with Crippen LogP contribution < -0.4 is 11.5 Å². The van der Waals surface area contributed by atoms with Crippen LogP contribution in [0.15, 0.2) is 25.3 Å². The molecule has 18 nitrogen and oxygen atoms in total. The molecule has 0 amide bonds. The molecular weight excluding hydrogens is 640 g/mol. The summed E-state index contributed by atoms with van der Waals surface area (Å²) in [4.78, 5) is 35.2. The summed E-state index contributed by atoms with van der Waals surface area (Å²) in [6, 6.07) is 0. The molecule has 4 aromatic rings. The number of rotatable bonds is 2. The van der Waals surface area contributed by atoms with E-state index in [4.69, 9.17) is 50.8 Å². The number of imidazole rings is 2. The van der Waals surface area contributed by atoms with Crippen LogP contribution in [0.3, 0.4) is 0 Å². The summed E-state index contributed by atoms with van der Waals surface area (Å²) in [5.74, 6) is 0.128. The normalized spacial score (nSPS) is 36.3. The van der Waals surface area contributed by atoms with Gasteiger partial charge in [-0.25, -0.2) is 38.7 Å². The Morgan fingerprint density at radius 2 is 1.42 bits per heavy atom. The molecule has 228 valence electrons. The lowest BCUT2D eigenvalue weighted by molar-refractivity contribution is -0.0588. The molecule has 23 heteroatoms. The van der Waals surface area contributed by atoms with Gasteiger partial charge in [0, 0.05) is 4.57 Å². The summed E-state index contributed by atoms with van der Waals surface area (Å²) < 4.78 is 80.5. The summed E-state index contributed by atoms with van der Waals surface area (Å²) in [5, 5.41) is 0. The van der Waals surface area contributed by atoms with Gasteiger partial charge < -0.3 is 30.4 Å². The molecule has 3 aliphatic rings. The molecule has 0 spiro atoms. The zero-order valence-electron chi connectivity index (χ0n) is 21.4. The van der Waals surface area contributed by atoms with E-state index in [0.29, 0.717) is 0 Å². The average Bonchev–Trinajstić information content (AvgIpc) is 3.73. The maximum Gasteiger partial charge on any atom is 0.698 e. The molecule has 4 aromatic heterocycles. The van der Waals surface area contributed by atoms with Crippen molar-refractivity contribution in [1.29, 1.82) is 0 Å². The maximum atomic E-state index is 15.8. The second-order valence-corrected chi connectivity index (χ2v) is 13.3. The second kappa shape index (κ2) is 10.9. The predicted molar refractivity (Wildman–Crippen MR) is 143 cm³/mol. The highest BCUT2D eigenvalue weighted by Crippen LogP contribution is 2.52. The fraction of sp³-hybridized carbons (Fsp3) is 0.500. The molecular formula is C20H21F2N10O8P2S+. The standard InChI is InChI=1S/C20H20F2N10O8P2S/c21-9-8-2-36-42(34,43)40-14-10(22)7(37-20(14)32-6-30-12-16(24)26-4-28-18(12)32)1-35-41(33)39-13(9)19(38-8)31-5-29-11-15(23)25-3-27-17(11)31/h3-10,13-14,19-20H,1-2H2,(H4-,23,24,25,26,27,28,34,43)/p+1/t7-,8?,9-,10-,13-,14-,19-,20-,42?/m1/s1. The minimum Gasteiger partial charge on any atom is -0.382 e. The van der Waals surface area contributed by atoms with Crippen molar-refractivity contribution >= 4 is 60.7 Å². The zero-order valence-corrected chi connectivity index (χ0v) is 24.0. The Labute approximate surface area is 244 Å². The van der Waals surface area contributed by atoms with Crippen LogP contribution in [-0.2, 0) is 43.9 Å². The first-order valence-corrected chi connectivity index (χ1v) is 16.2. The molecule has 0 aliphatic carbocycles. The van der Waals surface area contributed by atoms with E-state index in [1.54, 1.807) is 0 Å². The average molecular weight is 661 g/mol. The Kier molecular flexibility index (Phi) is 7.28. The molecule has 4 bridgehead atoms. The molecule has 5 N–H and O–H groups in total.